The predicted molar refractivity (Wildman–Crippen MR) is 204 cm³/mol. The SMILES string of the molecule is CCCCCC(C)(C)CC(C)(C)CCCCCC(=O)OC(COC(=O)CCCCC(C)(C)CC(C)(C)CCCC)CN1CCSCC1. The van der Waals surface area contributed by atoms with Crippen LogP contribution in [0.15, 0.2) is 0 Å². The van der Waals surface area contributed by atoms with Crippen molar-refractivity contribution in [3.05, 3.63) is 0 Å². The molecular weight excluding hydrogens is 603 g/mol. The zero-order chi connectivity index (χ0) is 35.4. The highest BCUT2D eigenvalue weighted by Crippen LogP contribution is 2.41. The molecule has 0 N–H and O–H groups in total. The van der Waals surface area contributed by atoms with E-state index in [1.807, 2.05) is 11.8 Å². The quantitative estimate of drug-likeness (QED) is 0.0635. The standard InChI is InChI=1S/C41H79NO4S/c1-11-13-18-24-39(5,6)34-40(7,8)25-19-15-16-22-37(44)46-35(31-42-27-29-47-30-28-42)32-45-36(43)21-17-20-26-41(9,10)33-38(3,4)23-14-12-2/h35H,11-34H2,1-10H3. The highest BCUT2D eigenvalue weighted by atomic mass is 32.2. The van der Waals surface area contributed by atoms with Crippen LogP contribution in [0.1, 0.15) is 185 Å². The third kappa shape index (κ3) is 23.3. The Kier molecular flexibility index (Phi) is 21.5. The molecule has 278 valence electrons. The van der Waals surface area contributed by atoms with Crippen LogP contribution in [-0.4, -0.2) is 60.7 Å². The van der Waals surface area contributed by atoms with Gasteiger partial charge < -0.3 is 9.47 Å². The summed E-state index contributed by atoms with van der Waals surface area (Å²) < 4.78 is 11.7. The Balaban J connectivity index is 2.45. The van der Waals surface area contributed by atoms with Gasteiger partial charge in [0.2, 0.25) is 0 Å². The smallest absolute Gasteiger partial charge is 0.306 e. The minimum atomic E-state index is -0.396. The van der Waals surface area contributed by atoms with Crippen molar-refractivity contribution in [3.8, 4) is 0 Å². The lowest BCUT2D eigenvalue weighted by Crippen LogP contribution is -2.42. The number of carbonyl (C=O) groups excluding carboxylic acids is 2. The van der Waals surface area contributed by atoms with Crippen molar-refractivity contribution >= 4 is 23.7 Å². The van der Waals surface area contributed by atoms with Crippen LogP contribution >= 0.6 is 11.8 Å². The summed E-state index contributed by atoms with van der Waals surface area (Å²) in [6.45, 7) is 26.5. The molecule has 0 aromatic carbocycles. The first-order valence-corrected chi connectivity index (χ1v) is 20.8. The number of rotatable bonds is 27. The van der Waals surface area contributed by atoms with Gasteiger partial charge in [-0.3, -0.25) is 14.5 Å². The molecule has 1 unspecified atom stereocenters. The molecule has 0 aromatic rings. The second kappa shape index (κ2) is 22.9. The van der Waals surface area contributed by atoms with Crippen molar-refractivity contribution in [2.45, 2.75) is 191 Å². The monoisotopic (exact) mass is 682 g/mol. The van der Waals surface area contributed by atoms with Crippen LogP contribution in [-0.2, 0) is 19.1 Å². The van der Waals surface area contributed by atoms with Gasteiger partial charge in [0.05, 0.1) is 0 Å². The van der Waals surface area contributed by atoms with Gasteiger partial charge in [0, 0.05) is 44.0 Å². The fourth-order valence-electron chi connectivity index (χ4n) is 8.07. The maximum Gasteiger partial charge on any atom is 0.306 e. The Morgan fingerprint density at radius 3 is 1.60 bits per heavy atom. The number of unbranched alkanes of at least 4 members (excludes halogenated alkanes) is 6. The zero-order valence-corrected chi connectivity index (χ0v) is 33.9. The fraction of sp³-hybridized carbons (Fsp3) is 0.951. The first-order valence-electron chi connectivity index (χ1n) is 19.6. The van der Waals surface area contributed by atoms with Gasteiger partial charge in [0.1, 0.15) is 12.7 Å². The number of hydrogen-bond acceptors (Lipinski definition) is 6. The summed E-state index contributed by atoms with van der Waals surface area (Å²) in [6.07, 6.45) is 19.2. The van der Waals surface area contributed by atoms with Crippen molar-refractivity contribution in [1.82, 2.24) is 4.90 Å². The summed E-state index contributed by atoms with van der Waals surface area (Å²) in [5, 5.41) is 0. The maximum atomic E-state index is 12.9. The molecular formula is C41H79NO4S. The average Bonchev–Trinajstić information content (AvgIpc) is 2.96. The summed E-state index contributed by atoms with van der Waals surface area (Å²) in [4.78, 5) is 27.9. The number of thioether (sulfide) groups is 1. The summed E-state index contributed by atoms with van der Waals surface area (Å²) in [5.41, 5.74) is 1.34. The molecule has 1 rings (SSSR count). The Morgan fingerprint density at radius 1 is 0.617 bits per heavy atom. The summed E-state index contributed by atoms with van der Waals surface area (Å²) in [5.74, 6) is 1.87. The molecule has 5 nitrogen and oxygen atoms in total. The summed E-state index contributed by atoms with van der Waals surface area (Å²) in [6, 6.07) is 0. The number of hydrogen-bond donors (Lipinski definition) is 0. The Labute approximate surface area is 297 Å². The van der Waals surface area contributed by atoms with Gasteiger partial charge in [0.25, 0.3) is 0 Å². The lowest BCUT2D eigenvalue weighted by molar-refractivity contribution is -0.160. The van der Waals surface area contributed by atoms with Crippen LogP contribution in [0.25, 0.3) is 0 Å². The molecule has 1 atom stereocenters. The van der Waals surface area contributed by atoms with E-state index in [9.17, 15) is 9.59 Å². The van der Waals surface area contributed by atoms with Crippen molar-refractivity contribution < 1.29 is 19.1 Å². The van der Waals surface area contributed by atoms with E-state index < -0.39 is 6.10 Å². The lowest BCUT2D eigenvalue weighted by atomic mass is 9.70. The molecule has 0 amide bonds. The molecule has 6 heteroatoms. The molecule has 0 bridgehead atoms. The van der Waals surface area contributed by atoms with Crippen molar-refractivity contribution in [3.63, 3.8) is 0 Å². The van der Waals surface area contributed by atoms with Gasteiger partial charge in [-0.2, -0.15) is 11.8 Å². The Morgan fingerprint density at radius 2 is 1.06 bits per heavy atom. The van der Waals surface area contributed by atoms with Crippen molar-refractivity contribution in [1.29, 1.82) is 0 Å². The molecule has 1 aliphatic heterocycles. The maximum absolute atomic E-state index is 12.9. The van der Waals surface area contributed by atoms with E-state index in [4.69, 9.17) is 9.47 Å². The van der Waals surface area contributed by atoms with Crippen LogP contribution in [0.3, 0.4) is 0 Å². The second-order valence-corrected chi connectivity index (χ2v) is 19.3. The molecule has 0 aliphatic carbocycles. The molecule has 0 spiro atoms. The van der Waals surface area contributed by atoms with E-state index >= 15 is 0 Å². The number of nitrogens with zero attached hydrogens (tertiary/aromatic N) is 1. The van der Waals surface area contributed by atoms with E-state index in [1.54, 1.807) is 0 Å². The number of carbonyl (C=O) groups is 2. The molecule has 1 fully saturated rings. The average molecular weight is 682 g/mol. The van der Waals surface area contributed by atoms with Gasteiger partial charge >= 0.3 is 11.9 Å². The van der Waals surface area contributed by atoms with Crippen LogP contribution in [0.2, 0.25) is 0 Å². The zero-order valence-electron chi connectivity index (χ0n) is 33.0. The first-order chi connectivity index (χ1) is 22.0. The van der Waals surface area contributed by atoms with E-state index in [1.165, 1.54) is 64.2 Å². The fourth-order valence-corrected chi connectivity index (χ4v) is 9.05. The predicted octanol–water partition coefficient (Wildman–Crippen LogP) is 11.7. The van der Waals surface area contributed by atoms with E-state index in [-0.39, 0.29) is 24.0 Å². The Hall–Kier alpha value is -0.750. The molecule has 0 saturated carbocycles. The summed E-state index contributed by atoms with van der Waals surface area (Å²) >= 11 is 1.97. The molecule has 1 aliphatic rings. The van der Waals surface area contributed by atoms with E-state index in [0.717, 1.165) is 63.1 Å². The molecule has 1 saturated heterocycles. The van der Waals surface area contributed by atoms with Gasteiger partial charge in [-0.1, -0.05) is 121 Å². The normalized spacial score (nSPS) is 15.9. The summed E-state index contributed by atoms with van der Waals surface area (Å²) in [7, 11) is 0. The number of esters is 2. The topological polar surface area (TPSA) is 55.8 Å². The molecule has 0 radical (unpaired) electrons. The van der Waals surface area contributed by atoms with E-state index in [2.05, 4.69) is 74.1 Å². The number of ether oxygens (including phenoxy) is 2. The van der Waals surface area contributed by atoms with Gasteiger partial charge in [-0.15, -0.1) is 0 Å². The highest BCUT2D eigenvalue weighted by Gasteiger charge is 2.29. The minimum absolute atomic E-state index is 0.155. The lowest BCUT2D eigenvalue weighted by Gasteiger charge is -2.35. The van der Waals surface area contributed by atoms with Crippen LogP contribution in [0, 0.1) is 21.7 Å². The van der Waals surface area contributed by atoms with Crippen LogP contribution in [0.5, 0.6) is 0 Å². The minimum Gasteiger partial charge on any atom is -0.462 e. The van der Waals surface area contributed by atoms with Crippen LogP contribution in [0.4, 0.5) is 0 Å². The van der Waals surface area contributed by atoms with E-state index in [0.29, 0.717) is 35.6 Å². The van der Waals surface area contributed by atoms with Crippen LogP contribution < -0.4 is 0 Å². The Bertz CT molecular complexity index is 846. The first kappa shape index (κ1) is 44.3. The van der Waals surface area contributed by atoms with Gasteiger partial charge in [-0.25, -0.2) is 0 Å². The van der Waals surface area contributed by atoms with Crippen molar-refractivity contribution in [2.75, 3.05) is 37.7 Å². The molecule has 47 heavy (non-hydrogen) atoms. The van der Waals surface area contributed by atoms with Gasteiger partial charge in [-0.05, 0) is 73.0 Å². The highest BCUT2D eigenvalue weighted by molar-refractivity contribution is 7.99. The second-order valence-electron chi connectivity index (χ2n) is 18.0. The largest absolute Gasteiger partial charge is 0.462 e. The molecule has 1 heterocycles. The van der Waals surface area contributed by atoms with Gasteiger partial charge in [0.15, 0.2) is 0 Å². The third-order valence-corrected chi connectivity index (χ3v) is 11.0. The van der Waals surface area contributed by atoms with Crippen molar-refractivity contribution in [2.24, 2.45) is 21.7 Å². The molecule has 0 aromatic heterocycles. The third-order valence-electron chi connectivity index (χ3n) is 10.1.